The number of ketones is 1. The van der Waals surface area contributed by atoms with E-state index in [4.69, 9.17) is 23.4 Å². The van der Waals surface area contributed by atoms with Crippen LogP contribution in [0.15, 0.2) is 0 Å². The van der Waals surface area contributed by atoms with E-state index in [0.29, 0.717) is 6.42 Å². The van der Waals surface area contributed by atoms with Crippen molar-refractivity contribution >= 4 is 29.2 Å². The first-order chi connectivity index (χ1) is 5.20. The number of carbonyl (C=O) groups is 1. The zero-order chi connectivity index (χ0) is 8.01. The van der Waals surface area contributed by atoms with Gasteiger partial charge in [-0.05, 0) is 24.6 Å². The molecule has 2 nitrogen and oxygen atoms in total. The van der Waals surface area contributed by atoms with Gasteiger partial charge in [-0.2, -0.15) is 0 Å². The van der Waals surface area contributed by atoms with Crippen LogP contribution in [0.25, 0.3) is 0 Å². The van der Waals surface area contributed by atoms with E-state index in [0.717, 1.165) is 12.8 Å². The highest BCUT2D eigenvalue weighted by Crippen LogP contribution is 2.37. The zero-order valence-electron chi connectivity index (χ0n) is 5.96. The fourth-order valence-electron chi connectivity index (χ4n) is 1.90. The Morgan fingerprint density at radius 2 is 2.18 bits per heavy atom. The molecule has 2 aliphatic heterocycles. The van der Waals surface area contributed by atoms with Crippen molar-refractivity contribution in [3.63, 3.8) is 0 Å². The summed E-state index contributed by atoms with van der Waals surface area (Å²) < 4.78 is 1.61. The standard InChI is InChI=1S/C7H9Cl2NO/c8-5-2-1-4-3-6(11)7(5)10(4)9/h4-5,7H,1-3H2. The van der Waals surface area contributed by atoms with E-state index in [2.05, 4.69) is 0 Å². The van der Waals surface area contributed by atoms with Crippen LogP contribution >= 0.6 is 23.4 Å². The van der Waals surface area contributed by atoms with Crippen LogP contribution in [-0.4, -0.2) is 27.7 Å². The summed E-state index contributed by atoms with van der Waals surface area (Å²) in [5, 5.41) is -0.0706. The Morgan fingerprint density at radius 1 is 1.45 bits per heavy atom. The van der Waals surface area contributed by atoms with Crippen LogP contribution in [-0.2, 0) is 4.79 Å². The molecule has 3 unspecified atom stereocenters. The number of alkyl halides is 1. The first kappa shape index (κ1) is 7.84. The number of rotatable bonds is 0. The monoisotopic (exact) mass is 193 g/mol. The van der Waals surface area contributed by atoms with Crippen LogP contribution in [0.1, 0.15) is 19.3 Å². The fraction of sp³-hybridized carbons (Fsp3) is 0.857. The summed E-state index contributed by atoms with van der Waals surface area (Å²) in [5.74, 6) is 0.211. The summed E-state index contributed by atoms with van der Waals surface area (Å²) in [7, 11) is 0. The Bertz CT molecular complexity index is 197. The molecular weight excluding hydrogens is 185 g/mol. The van der Waals surface area contributed by atoms with Crippen molar-refractivity contribution in [3.8, 4) is 0 Å². The quantitative estimate of drug-likeness (QED) is 0.430. The van der Waals surface area contributed by atoms with Gasteiger partial charge in [0.1, 0.15) is 6.04 Å². The van der Waals surface area contributed by atoms with E-state index < -0.39 is 0 Å². The van der Waals surface area contributed by atoms with Crippen LogP contribution in [0, 0.1) is 0 Å². The summed E-state index contributed by atoms with van der Waals surface area (Å²) in [6, 6.07) is 0.0428. The van der Waals surface area contributed by atoms with Gasteiger partial charge in [0.05, 0.1) is 5.38 Å². The van der Waals surface area contributed by atoms with Gasteiger partial charge < -0.3 is 0 Å². The molecule has 2 rings (SSSR count). The fourth-order valence-corrected chi connectivity index (χ4v) is 2.75. The minimum Gasteiger partial charge on any atom is -0.298 e. The molecule has 0 saturated carbocycles. The van der Waals surface area contributed by atoms with Crippen molar-refractivity contribution in [2.45, 2.75) is 36.7 Å². The lowest BCUT2D eigenvalue weighted by Gasteiger charge is -2.30. The van der Waals surface area contributed by atoms with Gasteiger partial charge in [0.2, 0.25) is 0 Å². The number of halogens is 2. The third-order valence-electron chi connectivity index (χ3n) is 2.50. The third-order valence-corrected chi connectivity index (χ3v) is 3.44. The van der Waals surface area contributed by atoms with Crippen molar-refractivity contribution in [3.05, 3.63) is 0 Å². The predicted molar refractivity (Wildman–Crippen MR) is 43.8 cm³/mol. The molecular formula is C7H9Cl2NO. The maximum Gasteiger partial charge on any atom is 0.154 e. The van der Waals surface area contributed by atoms with Crippen LogP contribution in [0.2, 0.25) is 0 Å². The Hall–Kier alpha value is 0.210. The lowest BCUT2D eigenvalue weighted by Crippen LogP contribution is -2.41. The average molecular weight is 194 g/mol. The number of piperidine rings is 1. The SMILES string of the molecule is O=C1CC2CCC(Cl)C1N2Cl. The summed E-state index contributed by atoms with van der Waals surface area (Å²) >= 11 is 11.9. The predicted octanol–water partition coefficient (Wildman–Crippen LogP) is 1.55. The Balaban J connectivity index is 2.25. The van der Waals surface area contributed by atoms with Gasteiger partial charge >= 0.3 is 0 Å². The molecule has 3 atom stereocenters. The topological polar surface area (TPSA) is 20.3 Å². The molecule has 0 aliphatic carbocycles. The molecule has 0 aromatic heterocycles. The minimum atomic E-state index is -0.211. The molecule has 2 heterocycles. The molecule has 0 aromatic rings. The highest BCUT2D eigenvalue weighted by molar-refractivity contribution is 6.25. The summed E-state index contributed by atoms with van der Waals surface area (Å²) in [4.78, 5) is 11.3. The molecule has 2 aliphatic rings. The summed E-state index contributed by atoms with van der Waals surface area (Å²) in [5.41, 5.74) is 0. The highest BCUT2D eigenvalue weighted by Gasteiger charge is 2.46. The number of Topliss-reactive ketones (excluding diaryl/α,β-unsaturated/α-hetero) is 1. The number of hydrogen-bond donors (Lipinski definition) is 0. The highest BCUT2D eigenvalue weighted by atomic mass is 35.5. The molecule has 4 heteroatoms. The second-order valence-corrected chi connectivity index (χ2v) is 4.16. The molecule has 0 N–H and O–H groups in total. The molecule has 0 spiro atoms. The van der Waals surface area contributed by atoms with Gasteiger partial charge in [0.25, 0.3) is 0 Å². The first-order valence-corrected chi connectivity index (χ1v) is 4.58. The van der Waals surface area contributed by atoms with Crippen LogP contribution in [0.5, 0.6) is 0 Å². The van der Waals surface area contributed by atoms with Gasteiger partial charge in [-0.3, -0.25) is 4.79 Å². The van der Waals surface area contributed by atoms with E-state index in [9.17, 15) is 4.79 Å². The molecule has 0 aromatic carbocycles. The van der Waals surface area contributed by atoms with E-state index in [1.54, 1.807) is 4.42 Å². The second-order valence-electron chi connectivity index (χ2n) is 3.21. The van der Waals surface area contributed by atoms with Gasteiger partial charge in [0.15, 0.2) is 5.78 Å². The maximum atomic E-state index is 11.3. The molecule has 2 saturated heterocycles. The van der Waals surface area contributed by atoms with E-state index in [-0.39, 0.29) is 23.2 Å². The van der Waals surface area contributed by atoms with Crippen LogP contribution in [0.4, 0.5) is 0 Å². The van der Waals surface area contributed by atoms with Crippen molar-refractivity contribution in [1.82, 2.24) is 4.42 Å². The number of nitrogens with zero attached hydrogens (tertiary/aromatic N) is 1. The summed E-state index contributed by atoms with van der Waals surface area (Å²) in [6.45, 7) is 0. The average Bonchev–Trinajstić information content (AvgIpc) is 2.11. The van der Waals surface area contributed by atoms with Crippen LogP contribution < -0.4 is 0 Å². The van der Waals surface area contributed by atoms with Gasteiger partial charge in [-0.1, -0.05) is 0 Å². The Morgan fingerprint density at radius 3 is 2.82 bits per heavy atom. The second kappa shape index (κ2) is 2.61. The lowest BCUT2D eigenvalue weighted by atomic mass is 10.1. The molecule has 11 heavy (non-hydrogen) atoms. The lowest BCUT2D eigenvalue weighted by molar-refractivity contribution is -0.119. The Kier molecular flexibility index (Phi) is 1.86. The number of fused-ring (bicyclic) bond motifs is 2. The van der Waals surface area contributed by atoms with Crippen LogP contribution in [0.3, 0.4) is 0 Å². The molecule has 62 valence electrons. The third kappa shape index (κ3) is 1.08. The largest absolute Gasteiger partial charge is 0.298 e. The van der Waals surface area contributed by atoms with Crippen molar-refractivity contribution in [2.75, 3.05) is 0 Å². The van der Waals surface area contributed by atoms with E-state index in [1.165, 1.54) is 0 Å². The zero-order valence-corrected chi connectivity index (χ0v) is 7.48. The van der Waals surface area contributed by atoms with E-state index in [1.807, 2.05) is 0 Å². The van der Waals surface area contributed by atoms with E-state index >= 15 is 0 Å². The molecule has 0 amide bonds. The maximum absolute atomic E-state index is 11.3. The molecule has 2 bridgehead atoms. The Labute approximate surface area is 75.6 Å². The normalized spacial score (nSPS) is 44.9. The number of hydrogen-bond acceptors (Lipinski definition) is 2. The van der Waals surface area contributed by atoms with Gasteiger partial charge in [-0.15, -0.1) is 11.6 Å². The summed E-state index contributed by atoms with van der Waals surface area (Å²) in [6.07, 6.45) is 2.48. The molecule has 0 radical (unpaired) electrons. The van der Waals surface area contributed by atoms with Crippen molar-refractivity contribution < 1.29 is 4.79 Å². The minimum absolute atomic E-state index is 0.0706. The smallest absolute Gasteiger partial charge is 0.154 e. The van der Waals surface area contributed by atoms with Gasteiger partial charge in [0, 0.05) is 12.5 Å². The van der Waals surface area contributed by atoms with Crippen molar-refractivity contribution in [2.24, 2.45) is 0 Å². The molecule has 2 fully saturated rings. The van der Waals surface area contributed by atoms with Crippen molar-refractivity contribution in [1.29, 1.82) is 0 Å². The number of carbonyl (C=O) groups excluding carboxylic acids is 1. The first-order valence-electron chi connectivity index (χ1n) is 3.81. The van der Waals surface area contributed by atoms with Gasteiger partial charge in [-0.25, -0.2) is 4.42 Å².